The summed E-state index contributed by atoms with van der Waals surface area (Å²) in [5.41, 5.74) is 2.60. The van der Waals surface area contributed by atoms with E-state index >= 15 is 0 Å². The first-order valence-electron chi connectivity index (χ1n) is 14.5. The first kappa shape index (κ1) is 29.2. The maximum atomic E-state index is 13.9. The number of rotatable bonds is 10. The number of imidazole rings is 1. The Morgan fingerprint density at radius 1 is 0.955 bits per heavy atom. The number of aryl methyl sites for hydroxylation is 1. The molecule has 0 bridgehead atoms. The van der Waals surface area contributed by atoms with Crippen molar-refractivity contribution in [3.8, 4) is 17.2 Å². The monoisotopic (exact) mass is 612 g/mol. The van der Waals surface area contributed by atoms with Crippen molar-refractivity contribution in [2.24, 2.45) is 0 Å². The zero-order chi connectivity index (χ0) is 31.0. The van der Waals surface area contributed by atoms with Crippen LogP contribution >= 0.6 is 11.3 Å². The zero-order valence-electron chi connectivity index (χ0n) is 24.9. The van der Waals surface area contributed by atoms with Gasteiger partial charge in [-0.2, -0.15) is 0 Å². The molecule has 0 aliphatic carbocycles. The number of aliphatic hydroxyl groups excluding tert-OH is 1. The molecule has 226 valence electrons. The number of fused-ring (bicyclic) bond motifs is 2. The molecular weight excluding hydrogens is 580 g/mol. The predicted octanol–water partition coefficient (Wildman–Crippen LogP) is 6.46. The van der Waals surface area contributed by atoms with E-state index in [1.807, 2.05) is 51.1 Å². The number of pyridine rings is 1. The van der Waals surface area contributed by atoms with Gasteiger partial charge in [-0.1, -0.05) is 30.4 Å². The van der Waals surface area contributed by atoms with Crippen molar-refractivity contribution < 1.29 is 28.9 Å². The quantitative estimate of drug-likeness (QED) is 0.109. The van der Waals surface area contributed by atoms with Crippen LogP contribution in [-0.4, -0.2) is 51.0 Å². The fraction of sp³-hybridized carbons (Fsp3) is 0.273. The van der Waals surface area contributed by atoms with Crippen molar-refractivity contribution in [1.82, 2.24) is 14.4 Å². The summed E-state index contributed by atoms with van der Waals surface area (Å²) in [4.78, 5) is 38.4. The molecular formula is C33H32N4O6S. The van der Waals surface area contributed by atoms with Crippen LogP contribution in [0.1, 0.15) is 50.2 Å². The number of nitrogens with zero attached hydrogens (tertiary/aromatic N) is 4. The van der Waals surface area contributed by atoms with E-state index in [1.54, 1.807) is 41.8 Å². The topological polar surface area (TPSA) is 115 Å². The summed E-state index contributed by atoms with van der Waals surface area (Å²) >= 11 is 1.27. The van der Waals surface area contributed by atoms with Gasteiger partial charge in [0.2, 0.25) is 0 Å². The molecule has 2 aromatic carbocycles. The number of thiazole rings is 1. The highest BCUT2D eigenvalue weighted by Gasteiger charge is 2.49. The van der Waals surface area contributed by atoms with Crippen LogP contribution in [0.4, 0.5) is 5.13 Å². The van der Waals surface area contributed by atoms with Crippen molar-refractivity contribution in [3.63, 3.8) is 0 Å². The lowest BCUT2D eigenvalue weighted by Crippen LogP contribution is -2.29. The van der Waals surface area contributed by atoms with Gasteiger partial charge in [0.1, 0.15) is 17.1 Å². The van der Waals surface area contributed by atoms with Crippen molar-refractivity contribution >= 4 is 49.8 Å². The molecule has 6 rings (SSSR count). The lowest BCUT2D eigenvalue weighted by molar-refractivity contribution is -0.132. The molecule has 1 saturated heterocycles. The molecule has 1 aliphatic heterocycles. The summed E-state index contributed by atoms with van der Waals surface area (Å²) in [5, 5.41) is 12.2. The van der Waals surface area contributed by atoms with Crippen LogP contribution < -0.4 is 19.1 Å². The van der Waals surface area contributed by atoms with Crippen molar-refractivity contribution in [3.05, 3.63) is 83.3 Å². The minimum Gasteiger partial charge on any atom is -0.505 e. The molecule has 5 aromatic rings. The van der Waals surface area contributed by atoms with Crippen LogP contribution in [0.5, 0.6) is 17.2 Å². The van der Waals surface area contributed by atoms with Crippen molar-refractivity contribution in [2.45, 2.75) is 40.2 Å². The number of aromatic nitrogens is 3. The first-order chi connectivity index (χ1) is 21.4. The summed E-state index contributed by atoms with van der Waals surface area (Å²) in [6.45, 7) is 8.93. The molecule has 3 aromatic heterocycles. The Morgan fingerprint density at radius 2 is 1.77 bits per heavy atom. The number of carbonyl (C=O) groups excluding carboxylic acids is 2. The molecule has 0 spiro atoms. The van der Waals surface area contributed by atoms with Gasteiger partial charge in [0, 0.05) is 6.20 Å². The molecule has 0 saturated carbocycles. The van der Waals surface area contributed by atoms with E-state index < -0.39 is 17.7 Å². The van der Waals surface area contributed by atoms with Gasteiger partial charge in [-0.15, -0.1) is 0 Å². The first-order valence-corrected chi connectivity index (χ1v) is 15.4. The van der Waals surface area contributed by atoms with Gasteiger partial charge in [-0.3, -0.25) is 18.9 Å². The second-order valence-electron chi connectivity index (χ2n) is 10.2. The Balaban J connectivity index is 1.57. The lowest BCUT2D eigenvalue weighted by atomic mass is 9.96. The molecule has 1 N–H and O–H groups in total. The molecule has 4 heterocycles. The Hall–Kier alpha value is -4.90. The maximum absolute atomic E-state index is 13.9. The van der Waals surface area contributed by atoms with Gasteiger partial charge in [-0.25, -0.2) is 9.97 Å². The van der Waals surface area contributed by atoms with Gasteiger partial charge >= 0.3 is 5.91 Å². The fourth-order valence-electron chi connectivity index (χ4n) is 5.42. The fourth-order valence-corrected chi connectivity index (χ4v) is 6.44. The number of hydrogen-bond donors (Lipinski definition) is 1. The number of hydrogen-bond acceptors (Lipinski definition) is 9. The number of Topliss-reactive ketones (excluding diaryl/α,β-unsaturated/α-hetero) is 1. The van der Waals surface area contributed by atoms with Crippen LogP contribution in [0, 0.1) is 6.92 Å². The third kappa shape index (κ3) is 5.02. The summed E-state index contributed by atoms with van der Waals surface area (Å²) in [6.07, 6.45) is 2.57. The van der Waals surface area contributed by atoms with E-state index in [0.29, 0.717) is 70.3 Å². The van der Waals surface area contributed by atoms with Gasteiger partial charge in [0.15, 0.2) is 22.4 Å². The number of carbonyl (C=O) groups is 2. The molecule has 11 heteroatoms. The largest absolute Gasteiger partial charge is 0.505 e. The lowest BCUT2D eigenvalue weighted by Gasteiger charge is -2.24. The second kappa shape index (κ2) is 12.0. The molecule has 1 aliphatic rings. The number of amides is 1. The van der Waals surface area contributed by atoms with Crippen LogP contribution in [0.3, 0.4) is 0 Å². The highest BCUT2D eigenvalue weighted by Crippen LogP contribution is 2.46. The SMILES string of the molecule is CCCOc1ccc(C2/C(=C(\O)c3c(C)nc4ccccn34)C(=O)C(=O)N2c2nc3ccc(OCC)cc3s2)cc1OCC. The van der Waals surface area contributed by atoms with E-state index in [2.05, 4.69) is 4.98 Å². The van der Waals surface area contributed by atoms with Crippen LogP contribution in [0.2, 0.25) is 0 Å². The summed E-state index contributed by atoms with van der Waals surface area (Å²) in [5.74, 6) is -0.235. The molecule has 1 unspecified atom stereocenters. The minimum atomic E-state index is -1.00. The van der Waals surface area contributed by atoms with Crippen LogP contribution in [-0.2, 0) is 9.59 Å². The molecule has 1 atom stereocenters. The van der Waals surface area contributed by atoms with Crippen molar-refractivity contribution in [1.29, 1.82) is 0 Å². The number of benzene rings is 2. The Kier molecular flexibility index (Phi) is 7.96. The molecule has 1 amide bonds. The molecule has 0 radical (unpaired) electrons. The van der Waals surface area contributed by atoms with Crippen LogP contribution in [0.15, 0.2) is 66.4 Å². The van der Waals surface area contributed by atoms with E-state index in [-0.39, 0.29) is 11.3 Å². The van der Waals surface area contributed by atoms with Gasteiger partial charge < -0.3 is 19.3 Å². The van der Waals surface area contributed by atoms with Gasteiger partial charge in [-0.05, 0) is 75.2 Å². The molecule has 10 nitrogen and oxygen atoms in total. The summed E-state index contributed by atoms with van der Waals surface area (Å²) < 4.78 is 20.0. The van der Waals surface area contributed by atoms with E-state index in [9.17, 15) is 14.7 Å². The maximum Gasteiger partial charge on any atom is 0.301 e. The second-order valence-corrected chi connectivity index (χ2v) is 11.2. The van der Waals surface area contributed by atoms with E-state index in [0.717, 1.165) is 11.1 Å². The molecule has 44 heavy (non-hydrogen) atoms. The van der Waals surface area contributed by atoms with E-state index in [4.69, 9.17) is 19.2 Å². The average Bonchev–Trinajstić information content (AvgIpc) is 3.67. The highest BCUT2D eigenvalue weighted by atomic mass is 32.1. The highest BCUT2D eigenvalue weighted by molar-refractivity contribution is 7.22. The number of ketones is 1. The van der Waals surface area contributed by atoms with Crippen LogP contribution in [0.25, 0.3) is 21.6 Å². The van der Waals surface area contributed by atoms with Gasteiger partial charge in [0.25, 0.3) is 5.78 Å². The Bertz CT molecular complexity index is 1930. The third-order valence-corrected chi connectivity index (χ3v) is 8.30. The average molecular weight is 613 g/mol. The smallest absolute Gasteiger partial charge is 0.301 e. The third-order valence-electron chi connectivity index (χ3n) is 7.28. The van der Waals surface area contributed by atoms with Gasteiger partial charge in [0.05, 0.1) is 47.3 Å². The van der Waals surface area contributed by atoms with Crippen molar-refractivity contribution in [2.75, 3.05) is 24.7 Å². The van der Waals surface area contributed by atoms with E-state index in [1.165, 1.54) is 16.2 Å². The zero-order valence-corrected chi connectivity index (χ0v) is 25.7. The Morgan fingerprint density at radius 3 is 2.55 bits per heavy atom. The summed E-state index contributed by atoms with van der Waals surface area (Å²) in [7, 11) is 0. The number of aliphatic hydroxyl groups is 1. The predicted molar refractivity (Wildman–Crippen MR) is 169 cm³/mol. The standard InChI is InChI=1S/C33H32N4O6S/c1-5-16-43-23-14-11-20(17-24(23)42-7-3)29-27(30(38)28-19(4)34-26-10-8-9-15-36(26)28)31(39)32(40)37(29)33-35-22-13-12-21(41-6-2)18-25(22)44-33/h8-15,17-18,29,38H,5-7,16H2,1-4H3/b30-27+. The minimum absolute atomic E-state index is 0.0670. The normalized spacial score (nSPS) is 16.3. The number of anilines is 1. The molecule has 1 fully saturated rings. The Labute approximate surface area is 258 Å². The summed E-state index contributed by atoms with van der Waals surface area (Å²) in [6, 6.07) is 15.3. The number of ether oxygens (including phenoxy) is 3.